The maximum absolute atomic E-state index is 5.94. The van der Waals surface area contributed by atoms with Crippen molar-refractivity contribution in [3.63, 3.8) is 0 Å². The summed E-state index contributed by atoms with van der Waals surface area (Å²) in [7, 11) is 4.15. The molecule has 0 spiro atoms. The maximum Gasteiger partial charge on any atom is 0.0292 e. The number of hydrogen-bond acceptors (Lipinski definition) is 2. The standard InChI is InChI=1S/C12H20N2/c1-4-12(13)11-7-5-10(6-8-11)9-14(2)3/h5-8,12H,4,9,13H2,1-3H3/t12-/m0/s1. The first-order valence-electron chi connectivity index (χ1n) is 5.12. The minimum absolute atomic E-state index is 0.184. The van der Waals surface area contributed by atoms with Crippen molar-refractivity contribution in [3.05, 3.63) is 35.4 Å². The van der Waals surface area contributed by atoms with Crippen molar-refractivity contribution in [1.82, 2.24) is 4.90 Å². The summed E-state index contributed by atoms with van der Waals surface area (Å²) in [5, 5.41) is 0. The van der Waals surface area contributed by atoms with E-state index in [1.165, 1.54) is 11.1 Å². The second kappa shape index (κ2) is 5.13. The molecule has 0 radical (unpaired) electrons. The molecule has 0 aliphatic carbocycles. The van der Waals surface area contributed by atoms with Crippen LogP contribution in [0.4, 0.5) is 0 Å². The molecule has 1 aromatic rings. The first-order chi connectivity index (χ1) is 6.63. The van der Waals surface area contributed by atoms with Crippen LogP contribution in [0.2, 0.25) is 0 Å². The number of nitrogens with zero attached hydrogens (tertiary/aromatic N) is 1. The molecular formula is C12H20N2. The van der Waals surface area contributed by atoms with Crippen LogP contribution in [-0.2, 0) is 6.54 Å². The van der Waals surface area contributed by atoms with Crippen molar-refractivity contribution in [2.75, 3.05) is 14.1 Å². The van der Waals surface area contributed by atoms with Crippen LogP contribution in [0.5, 0.6) is 0 Å². The highest BCUT2D eigenvalue weighted by molar-refractivity contribution is 5.24. The van der Waals surface area contributed by atoms with Crippen molar-refractivity contribution >= 4 is 0 Å². The Morgan fingerprint density at radius 3 is 2.21 bits per heavy atom. The molecule has 0 fully saturated rings. The lowest BCUT2D eigenvalue weighted by Gasteiger charge is -2.12. The predicted molar refractivity (Wildman–Crippen MR) is 61.1 cm³/mol. The third kappa shape index (κ3) is 3.13. The van der Waals surface area contributed by atoms with E-state index >= 15 is 0 Å². The van der Waals surface area contributed by atoms with Crippen molar-refractivity contribution in [1.29, 1.82) is 0 Å². The number of rotatable bonds is 4. The smallest absolute Gasteiger partial charge is 0.0292 e. The van der Waals surface area contributed by atoms with Crippen LogP contribution in [0.15, 0.2) is 24.3 Å². The lowest BCUT2D eigenvalue weighted by atomic mass is 10.0. The van der Waals surface area contributed by atoms with Gasteiger partial charge in [-0.05, 0) is 31.6 Å². The van der Waals surface area contributed by atoms with Crippen LogP contribution in [0.3, 0.4) is 0 Å². The van der Waals surface area contributed by atoms with Gasteiger partial charge in [-0.3, -0.25) is 0 Å². The van der Waals surface area contributed by atoms with Crippen LogP contribution in [0, 0.1) is 0 Å². The van der Waals surface area contributed by atoms with Gasteiger partial charge < -0.3 is 10.6 Å². The molecule has 14 heavy (non-hydrogen) atoms. The molecule has 2 heteroatoms. The molecular weight excluding hydrogens is 172 g/mol. The molecule has 2 N–H and O–H groups in total. The largest absolute Gasteiger partial charge is 0.324 e. The number of hydrogen-bond donors (Lipinski definition) is 1. The SMILES string of the molecule is CC[C@H](N)c1ccc(CN(C)C)cc1. The summed E-state index contributed by atoms with van der Waals surface area (Å²) in [6, 6.07) is 8.76. The Labute approximate surface area is 86.7 Å². The zero-order valence-electron chi connectivity index (χ0n) is 9.33. The van der Waals surface area contributed by atoms with Gasteiger partial charge in [-0.25, -0.2) is 0 Å². The van der Waals surface area contributed by atoms with E-state index in [4.69, 9.17) is 5.73 Å². The van der Waals surface area contributed by atoms with Crippen LogP contribution in [0.25, 0.3) is 0 Å². The topological polar surface area (TPSA) is 29.3 Å². The third-order valence-electron chi connectivity index (χ3n) is 2.35. The van der Waals surface area contributed by atoms with E-state index in [1.807, 2.05) is 0 Å². The van der Waals surface area contributed by atoms with Crippen molar-refractivity contribution in [2.24, 2.45) is 5.73 Å². The normalized spacial score (nSPS) is 13.2. The molecule has 1 aromatic carbocycles. The highest BCUT2D eigenvalue weighted by atomic mass is 15.0. The van der Waals surface area contributed by atoms with Crippen molar-refractivity contribution in [2.45, 2.75) is 25.9 Å². The Hall–Kier alpha value is -0.860. The van der Waals surface area contributed by atoms with E-state index in [-0.39, 0.29) is 6.04 Å². The first kappa shape index (κ1) is 11.2. The summed E-state index contributed by atoms with van der Waals surface area (Å²) in [6.07, 6.45) is 0.993. The van der Waals surface area contributed by atoms with E-state index in [9.17, 15) is 0 Å². The summed E-state index contributed by atoms with van der Waals surface area (Å²) in [4.78, 5) is 2.16. The predicted octanol–water partition coefficient (Wildman–Crippen LogP) is 2.16. The van der Waals surface area contributed by atoms with Gasteiger partial charge in [0.1, 0.15) is 0 Å². The minimum Gasteiger partial charge on any atom is -0.324 e. The zero-order chi connectivity index (χ0) is 10.6. The second-order valence-electron chi connectivity index (χ2n) is 3.99. The van der Waals surface area contributed by atoms with Crippen molar-refractivity contribution < 1.29 is 0 Å². The molecule has 78 valence electrons. The quantitative estimate of drug-likeness (QED) is 0.792. The van der Waals surface area contributed by atoms with Crippen LogP contribution >= 0.6 is 0 Å². The number of nitrogens with two attached hydrogens (primary N) is 1. The van der Waals surface area contributed by atoms with E-state index in [0.29, 0.717) is 0 Å². The molecule has 0 saturated carbocycles. The van der Waals surface area contributed by atoms with Gasteiger partial charge >= 0.3 is 0 Å². The molecule has 1 rings (SSSR count). The molecule has 2 nitrogen and oxygen atoms in total. The molecule has 0 amide bonds. The van der Waals surface area contributed by atoms with Crippen LogP contribution in [-0.4, -0.2) is 19.0 Å². The third-order valence-corrected chi connectivity index (χ3v) is 2.35. The van der Waals surface area contributed by atoms with Gasteiger partial charge in [-0.15, -0.1) is 0 Å². The molecule has 0 aliphatic heterocycles. The summed E-state index contributed by atoms with van der Waals surface area (Å²) in [5.74, 6) is 0. The minimum atomic E-state index is 0.184. The Kier molecular flexibility index (Phi) is 4.11. The monoisotopic (exact) mass is 192 g/mol. The van der Waals surface area contributed by atoms with Gasteiger partial charge in [0.05, 0.1) is 0 Å². The van der Waals surface area contributed by atoms with Crippen LogP contribution in [0.1, 0.15) is 30.5 Å². The fraction of sp³-hybridized carbons (Fsp3) is 0.500. The van der Waals surface area contributed by atoms with Gasteiger partial charge in [0.15, 0.2) is 0 Å². The average Bonchev–Trinajstić information content (AvgIpc) is 2.17. The molecule has 0 unspecified atom stereocenters. The fourth-order valence-corrected chi connectivity index (χ4v) is 1.47. The Bertz CT molecular complexity index is 264. The Morgan fingerprint density at radius 1 is 1.21 bits per heavy atom. The van der Waals surface area contributed by atoms with E-state index in [2.05, 4.69) is 50.2 Å². The fourth-order valence-electron chi connectivity index (χ4n) is 1.47. The molecule has 0 aromatic heterocycles. The Balaban J connectivity index is 2.68. The van der Waals surface area contributed by atoms with Gasteiger partial charge in [0.25, 0.3) is 0 Å². The average molecular weight is 192 g/mol. The maximum atomic E-state index is 5.94. The van der Waals surface area contributed by atoms with Crippen LogP contribution < -0.4 is 5.73 Å². The van der Waals surface area contributed by atoms with E-state index in [1.54, 1.807) is 0 Å². The molecule has 0 heterocycles. The zero-order valence-corrected chi connectivity index (χ0v) is 9.33. The molecule has 0 aliphatic rings. The Morgan fingerprint density at radius 2 is 1.79 bits per heavy atom. The lowest BCUT2D eigenvalue weighted by molar-refractivity contribution is 0.402. The molecule has 1 atom stereocenters. The van der Waals surface area contributed by atoms with E-state index in [0.717, 1.165) is 13.0 Å². The van der Waals surface area contributed by atoms with Gasteiger partial charge in [-0.2, -0.15) is 0 Å². The highest BCUT2D eigenvalue weighted by Gasteiger charge is 2.02. The number of benzene rings is 1. The van der Waals surface area contributed by atoms with E-state index < -0.39 is 0 Å². The summed E-state index contributed by atoms with van der Waals surface area (Å²) >= 11 is 0. The highest BCUT2D eigenvalue weighted by Crippen LogP contribution is 2.14. The first-order valence-corrected chi connectivity index (χ1v) is 5.12. The molecule has 0 saturated heterocycles. The van der Waals surface area contributed by atoms with Gasteiger partial charge in [0.2, 0.25) is 0 Å². The van der Waals surface area contributed by atoms with Gasteiger partial charge in [-0.1, -0.05) is 31.2 Å². The summed E-state index contributed by atoms with van der Waals surface area (Å²) in [5.41, 5.74) is 8.50. The summed E-state index contributed by atoms with van der Waals surface area (Å²) in [6.45, 7) is 3.10. The molecule has 0 bridgehead atoms. The van der Waals surface area contributed by atoms with Gasteiger partial charge in [0, 0.05) is 12.6 Å². The summed E-state index contributed by atoms with van der Waals surface area (Å²) < 4.78 is 0. The van der Waals surface area contributed by atoms with Crippen molar-refractivity contribution in [3.8, 4) is 0 Å². The second-order valence-corrected chi connectivity index (χ2v) is 3.99. The lowest BCUT2D eigenvalue weighted by Crippen LogP contribution is -2.11.